The van der Waals surface area contributed by atoms with E-state index < -0.39 is 46.0 Å². The maximum atomic E-state index is 13.9. The fourth-order valence-electron chi connectivity index (χ4n) is 4.91. The van der Waals surface area contributed by atoms with Crippen molar-refractivity contribution in [3.05, 3.63) is 57.6 Å². The summed E-state index contributed by atoms with van der Waals surface area (Å²) >= 11 is 0. The van der Waals surface area contributed by atoms with E-state index in [4.69, 9.17) is 0 Å². The van der Waals surface area contributed by atoms with Crippen LogP contribution in [0, 0.1) is 16.0 Å². The number of benzene rings is 2. The predicted octanol–water partition coefficient (Wildman–Crippen LogP) is 5.26. The number of rotatable bonds is 5. The third-order valence-corrected chi connectivity index (χ3v) is 6.94. The van der Waals surface area contributed by atoms with Crippen LogP contribution in [-0.4, -0.2) is 55.3 Å². The molecule has 206 valence electrons. The third-order valence-electron chi connectivity index (χ3n) is 6.94. The molecule has 4 rings (SSSR count). The third kappa shape index (κ3) is 5.73. The van der Waals surface area contributed by atoms with Crippen molar-refractivity contribution in [1.29, 1.82) is 0 Å². The van der Waals surface area contributed by atoms with Crippen LogP contribution in [0.15, 0.2) is 36.4 Å². The summed E-state index contributed by atoms with van der Waals surface area (Å²) in [4.78, 5) is 26.8. The first kappa shape index (κ1) is 27.3. The molecule has 0 radical (unpaired) electrons. The first-order valence-corrected chi connectivity index (χ1v) is 11.8. The molecule has 2 aliphatic heterocycles. The Morgan fingerprint density at radius 1 is 0.842 bits per heavy atom. The fraction of sp³-hybridized carbons (Fsp3) is 0.458. The number of piperidine rings is 1. The second-order valence-corrected chi connectivity index (χ2v) is 9.23. The SMILES string of the molecule is O=C(O)C1CCN(c2cc(N3CCN(c4cccc(C(F)(F)F)c4)CC3)c([N+](=O)[O-])cc2C(F)(F)F)CC1. The number of hydrogen-bond donors (Lipinski definition) is 1. The summed E-state index contributed by atoms with van der Waals surface area (Å²) in [7, 11) is 0. The lowest BCUT2D eigenvalue weighted by Crippen LogP contribution is -2.47. The molecule has 38 heavy (non-hydrogen) atoms. The summed E-state index contributed by atoms with van der Waals surface area (Å²) in [5.41, 5.74) is -2.68. The molecule has 0 aliphatic carbocycles. The molecule has 0 atom stereocenters. The number of nitrogens with zero attached hydrogens (tertiary/aromatic N) is 4. The molecule has 0 unspecified atom stereocenters. The molecule has 0 amide bonds. The number of hydrogen-bond acceptors (Lipinski definition) is 6. The standard InChI is InChI=1S/C24H24F6N4O4/c25-23(26,27)16-2-1-3-17(12-16)31-8-10-33(11-9-31)20-14-19(32-6-4-15(5-7-32)22(35)36)18(24(28,29)30)13-21(20)34(37)38/h1-3,12-15H,4-11H2,(H,35,36). The van der Waals surface area contributed by atoms with Gasteiger partial charge in [-0.1, -0.05) is 6.07 Å². The Morgan fingerprint density at radius 3 is 1.95 bits per heavy atom. The Morgan fingerprint density at radius 2 is 1.42 bits per heavy atom. The van der Waals surface area contributed by atoms with E-state index in [9.17, 15) is 46.4 Å². The zero-order valence-electron chi connectivity index (χ0n) is 19.9. The summed E-state index contributed by atoms with van der Waals surface area (Å²) in [6, 6.07) is 6.39. The van der Waals surface area contributed by atoms with Gasteiger partial charge in [0.2, 0.25) is 0 Å². The van der Waals surface area contributed by atoms with Gasteiger partial charge in [-0.05, 0) is 37.1 Å². The molecule has 8 nitrogen and oxygen atoms in total. The van der Waals surface area contributed by atoms with Crippen LogP contribution in [0.4, 0.5) is 49.1 Å². The molecule has 0 spiro atoms. The van der Waals surface area contributed by atoms with Gasteiger partial charge in [0.1, 0.15) is 5.69 Å². The molecule has 2 aromatic carbocycles. The number of carboxylic acid groups (broad SMARTS) is 1. The van der Waals surface area contributed by atoms with Gasteiger partial charge in [0, 0.05) is 51.0 Å². The molecule has 0 saturated carbocycles. The van der Waals surface area contributed by atoms with Crippen LogP contribution in [0.1, 0.15) is 24.0 Å². The number of carbonyl (C=O) groups is 1. The first-order chi connectivity index (χ1) is 17.8. The Labute approximate surface area is 213 Å². The van der Waals surface area contributed by atoms with E-state index in [2.05, 4.69) is 0 Å². The van der Waals surface area contributed by atoms with Crippen molar-refractivity contribution >= 4 is 28.7 Å². The van der Waals surface area contributed by atoms with Crippen LogP contribution in [0.25, 0.3) is 0 Å². The molecule has 2 aliphatic rings. The van der Waals surface area contributed by atoms with Crippen molar-refractivity contribution in [2.45, 2.75) is 25.2 Å². The van der Waals surface area contributed by atoms with Gasteiger partial charge in [-0.3, -0.25) is 14.9 Å². The number of carboxylic acids is 1. The zero-order chi connectivity index (χ0) is 27.8. The second kappa shape index (κ2) is 10.2. The minimum atomic E-state index is -4.88. The molecule has 2 aromatic rings. The van der Waals surface area contributed by atoms with Crippen LogP contribution < -0.4 is 14.7 Å². The minimum absolute atomic E-state index is 0.0259. The van der Waals surface area contributed by atoms with E-state index in [0.717, 1.165) is 18.2 Å². The molecular weight excluding hydrogens is 522 g/mol. The summed E-state index contributed by atoms with van der Waals surface area (Å²) in [5, 5.41) is 21.0. The van der Waals surface area contributed by atoms with Crippen molar-refractivity contribution in [3.8, 4) is 0 Å². The van der Waals surface area contributed by atoms with E-state index in [-0.39, 0.29) is 63.5 Å². The first-order valence-electron chi connectivity index (χ1n) is 11.8. The minimum Gasteiger partial charge on any atom is -0.481 e. The lowest BCUT2D eigenvalue weighted by Gasteiger charge is -2.38. The Hall–Kier alpha value is -3.71. The van der Waals surface area contributed by atoms with Crippen molar-refractivity contribution in [3.63, 3.8) is 0 Å². The predicted molar refractivity (Wildman–Crippen MR) is 127 cm³/mol. The second-order valence-electron chi connectivity index (χ2n) is 9.23. The highest BCUT2D eigenvalue weighted by Crippen LogP contribution is 2.44. The Balaban J connectivity index is 1.62. The maximum Gasteiger partial charge on any atom is 0.418 e. The highest BCUT2D eigenvalue weighted by molar-refractivity contribution is 5.75. The lowest BCUT2D eigenvalue weighted by atomic mass is 9.95. The molecule has 2 fully saturated rings. The highest BCUT2D eigenvalue weighted by Gasteiger charge is 2.40. The molecule has 2 saturated heterocycles. The molecule has 0 bridgehead atoms. The smallest absolute Gasteiger partial charge is 0.418 e. The van der Waals surface area contributed by atoms with E-state index in [1.54, 1.807) is 9.80 Å². The number of aliphatic carboxylic acids is 1. The quantitative estimate of drug-likeness (QED) is 0.311. The largest absolute Gasteiger partial charge is 0.481 e. The molecular formula is C24H24F6N4O4. The number of nitro groups is 1. The van der Waals surface area contributed by atoms with Gasteiger partial charge in [0.15, 0.2) is 0 Å². The average molecular weight is 546 g/mol. The monoisotopic (exact) mass is 546 g/mol. The van der Waals surface area contributed by atoms with Gasteiger partial charge in [-0.25, -0.2) is 0 Å². The highest BCUT2D eigenvalue weighted by atomic mass is 19.4. The maximum absolute atomic E-state index is 13.9. The van der Waals surface area contributed by atoms with Crippen LogP contribution in [0.2, 0.25) is 0 Å². The van der Waals surface area contributed by atoms with E-state index in [1.165, 1.54) is 17.0 Å². The van der Waals surface area contributed by atoms with E-state index >= 15 is 0 Å². The summed E-state index contributed by atoms with van der Waals surface area (Å²) in [5.74, 6) is -1.70. The Kier molecular flexibility index (Phi) is 7.35. The fourth-order valence-corrected chi connectivity index (χ4v) is 4.91. The van der Waals surface area contributed by atoms with E-state index in [0.29, 0.717) is 11.8 Å². The topological polar surface area (TPSA) is 90.2 Å². The van der Waals surface area contributed by atoms with Gasteiger partial charge in [-0.2, -0.15) is 26.3 Å². The normalized spacial score (nSPS) is 17.6. The van der Waals surface area contributed by atoms with E-state index in [1.807, 2.05) is 0 Å². The molecule has 2 heterocycles. The van der Waals surface area contributed by atoms with Crippen molar-refractivity contribution in [1.82, 2.24) is 0 Å². The van der Waals surface area contributed by atoms with Gasteiger partial charge in [-0.15, -0.1) is 0 Å². The number of nitro benzene ring substituents is 1. The summed E-state index contributed by atoms with van der Waals surface area (Å²) in [6.07, 6.45) is -9.14. The van der Waals surface area contributed by atoms with Crippen LogP contribution in [0.3, 0.4) is 0 Å². The van der Waals surface area contributed by atoms with Gasteiger partial charge < -0.3 is 19.8 Å². The van der Waals surface area contributed by atoms with Crippen molar-refractivity contribution in [2.24, 2.45) is 5.92 Å². The van der Waals surface area contributed by atoms with Crippen LogP contribution in [0.5, 0.6) is 0 Å². The number of halogens is 6. The van der Waals surface area contributed by atoms with Gasteiger partial charge in [0.05, 0.1) is 27.7 Å². The van der Waals surface area contributed by atoms with Gasteiger partial charge in [0.25, 0.3) is 5.69 Å². The van der Waals surface area contributed by atoms with Crippen molar-refractivity contribution in [2.75, 3.05) is 54.0 Å². The molecule has 0 aromatic heterocycles. The molecule has 14 heteroatoms. The Bertz CT molecular complexity index is 1200. The van der Waals surface area contributed by atoms with Crippen LogP contribution >= 0.6 is 0 Å². The number of piperazine rings is 1. The number of alkyl halides is 6. The molecule has 1 N–H and O–H groups in total. The van der Waals surface area contributed by atoms with Gasteiger partial charge >= 0.3 is 18.3 Å². The zero-order valence-corrected chi connectivity index (χ0v) is 19.9. The average Bonchev–Trinajstić information content (AvgIpc) is 2.87. The van der Waals surface area contributed by atoms with Crippen molar-refractivity contribution < 1.29 is 41.2 Å². The summed E-state index contributed by atoms with van der Waals surface area (Å²) in [6.45, 7) is 0.727. The summed E-state index contributed by atoms with van der Waals surface area (Å²) < 4.78 is 81.1. The number of anilines is 3. The van der Waals surface area contributed by atoms with Crippen LogP contribution in [-0.2, 0) is 17.1 Å². The lowest BCUT2D eigenvalue weighted by molar-refractivity contribution is -0.384.